The second-order valence-corrected chi connectivity index (χ2v) is 7.31. The molecule has 1 heterocycles. The Kier molecular flexibility index (Phi) is 5.46. The van der Waals surface area contributed by atoms with E-state index in [-0.39, 0.29) is 18.0 Å². The summed E-state index contributed by atoms with van der Waals surface area (Å²) < 4.78 is 38.4. The Hall–Kier alpha value is -2.48. The number of hydrogen-bond acceptors (Lipinski definition) is 3. The summed E-state index contributed by atoms with van der Waals surface area (Å²) in [4.78, 5) is 25.1. The first-order valence-corrected chi connectivity index (χ1v) is 9.22. The topological polar surface area (TPSA) is 58.2 Å². The molecule has 0 aliphatic carbocycles. The van der Waals surface area contributed by atoms with Gasteiger partial charge in [0.15, 0.2) is 0 Å². The molecule has 1 unspecified atom stereocenters. The summed E-state index contributed by atoms with van der Waals surface area (Å²) in [5.74, 6) is -0.801. The van der Waals surface area contributed by atoms with E-state index >= 15 is 0 Å². The number of carbonyl (C=O) groups is 2. The molecule has 0 radical (unpaired) electrons. The van der Waals surface area contributed by atoms with Crippen LogP contribution in [0, 0.1) is 0 Å². The minimum Gasteiger partial charge on any atom is -0.326 e. The van der Waals surface area contributed by atoms with Crippen LogP contribution in [-0.4, -0.2) is 17.1 Å². The van der Waals surface area contributed by atoms with Crippen molar-refractivity contribution >= 4 is 35.0 Å². The maximum atomic E-state index is 12.8. The molecule has 1 aliphatic rings. The minimum absolute atomic E-state index is 0.0744. The fourth-order valence-corrected chi connectivity index (χ4v) is 3.87. The van der Waals surface area contributed by atoms with Crippen LogP contribution in [0.2, 0.25) is 0 Å². The fourth-order valence-electron chi connectivity index (χ4n) is 2.78. The van der Waals surface area contributed by atoms with E-state index in [0.717, 1.165) is 35.9 Å². The van der Waals surface area contributed by atoms with Gasteiger partial charge < -0.3 is 10.6 Å². The summed E-state index contributed by atoms with van der Waals surface area (Å²) >= 11 is 1.09. The number of halogens is 3. The summed E-state index contributed by atoms with van der Waals surface area (Å²) in [5, 5.41) is 4.57. The number of nitrogens with one attached hydrogen (secondary N) is 2. The van der Waals surface area contributed by atoms with Crippen LogP contribution in [0.1, 0.15) is 24.5 Å². The number of thioether (sulfide) groups is 1. The van der Waals surface area contributed by atoms with Gasteiger partial charge in [-0.2, -0.15) is 13.2 Å². The molecule has 0 bridgehead atoms. The molecular formula is C19H17F3N2O2S. The minimum atomic E-state index is -4.48. The zero-order valence-electron chi connectivity index (χ0n) is 14.4. The highest BCUT2D eigenvalue weighted by molar-refractivity contribution is 8.01. The molecule has 2 amide bonds. The number of alkyl halides is 3. The Balaban J connectivity index is 1.70. The first-order valence-electron chi connectivity index (χ1n) is 8.34. The lowest BCUT2D eigenvalue weighted by molar-refractivity contribution is -0.137. The molecule has 4 nitrogen and oxygen atoms in total. The van der Waals surface area contributed by atoms with E-state index in [1.165, 1.54) is 6.07 Å². The van der Waals surface area contributed by atoms with Gasteiger partial charge in [0.25, 0.3) is 0 Å². The maximum absolute atomic E-state index is 12.8. The second-order valence-electron chi connectivity index (χ2n) is 6.07. The summed E-state index contributed by atoms with van der Waals surface area (Å²) in [6.07, 6.45) is -3.80. The van der Waals surface area contributed by atoms with Gasteiger partial charge in [0, 0.05) is 17.0 Å². The van der Waals surface area contributed by atoms with Crippen molar-refractivity contribution in [1.82, 2.24) is 0 Å². The van der Waals surface area contributed by atoms with Gasteiger partial charge in [-0.05, 0) is 36.2 Å². The number of rotatable bonds is 4. The van der Waals surface area contributed by atoms with Crippen LogP contribution in [-0.2, 0) is 22.2 Å². The van der Waals surface area contributed by atoms with Crippen LogP contribution >= 0.6 is 11.8 Å². The van der Waals surface area contributed by atoms with Crippen molar-refractivity contribution in [1.29, 1.82) is 0 Å². The number of benzene rings is 2. The van der Waals surface area contributed by atoms with Crippen LogP contribution < -0.4 is 10.6 Å². The molecule has 0 aromatic heterocycles. The zero-order valence-corrected chi connectivity index (χ0v) is 15.2. The molecule has 0 saturated carbocycles. The van der Waals surface area contributed by atoms with E-state index in [4.69, 9.17) is 0 Å². The molecule has 1 aliphatic heterocycles. The van der Waals surface area contributed by atoms with E-state index < -0.39 is 22.9 Å². The van der Waals surface area contributed by atoms with Gasteiger partial charge in [-0.3, -0.25) is 9.59 Å². The molecule has 2 aromatic carbocycles. The van der Waals surface area contributed by atoms with Crippen LogP contribution in [0.4, 0.5) is 24.5 Å². The number of fused-ring (bicyclic) bond motifs is 1. The van der Waals surface area contributed by atoms with E-state index in [1.54, 1.807) is 6.07 Å². The fraction of sp³-hybridized carbons (Fsp3) is 0.263. The molecule has 2 N–H and O–H groups in total. The quantitative estimate of drug-likeness (QED) is 0.790. The van der Waals surface area contributed by atoms with Crippen molar-refractivity contribution in [3.05, 3.63) is 53.6 Å². The summed E-state index contributed by atoms with van der Waals surface area (Å²) in [6, 6.07) is 10.6. The maximum Gasteiger partial charge on any atom is 0.416 e. The highest BCUT2D eigenvalue weighted by Crippen LogP contribution is 2.40. The molecule has 27 heavy (non-hydrogen) atoms. The molecule has 2 aromatic rings. The summed E-state index contributed by atoms with van der Waals surface area (Å²) in [7, 11) is 0. The highest BCUT2D eigenvalue weighted by atomic mass is 32.2. The van der Waals surface area contributed by atoms with E-state index in [9.17, 15) is 22.8 Å². The van der Waals surface area contributed by atoms with Gasteiger partial charge in [0.1, 0.15) is 0 Å². The Labute approximate surface area is 158 Å². The monoisotopic (exact) mass is 394 g/mol. The van der Waals surface area contributed by atoms with Crippen molar-refractivity contribution in [2.75, 3.05) is 10.6 Å². The van der Waals surface area contributed by atoms with Crippen molar-refractivity contribution in [2.24, 2.45) is 0 Å². The summed E-state index contributed by atoms with van der Waals surface area (Å²) in [6.45, 7) is 1.97. The smallest absolute Gasteiger partial charge is 0.326 e. The van der Waals surface area contributed by atoms with E-state index in [2.05, 4.69) is 10.6 Å². The lowest BCUT2D eigenvalue weighted by atomic mass is 10.1. The largest absolute Gasteiger partial charge is 0.416 e. The number of carbonyl (C=O) groups excluding carboxylic acids is 2. The number of aryl methyl sites for hydroxylation is 1. The molecule has 142 valence electrons. The lowest BCUT2D eigenvalue weighted by Crippen LogP contribution is -2.32. The predicted octanol–water partition coefficient (Wildman–Crippen LogP) is 4.71. The molecule has 0 saturated heterocycles. The lowest BCUT2D eigenvalue weighted by Gasteiger charge is -2.24. The molecule has 0 fully saturated rings. The number of amides is 2. The Morgan fingerprint density at radius 1 is 1.22 bits per heavy atom. The van der Waals surface area contributed by atoms with Gasteiger partial charge >= 0.3 is 6.18 Å². The van der Waals surface area contributed by atoms with Gasteiger partial charge in [-0.25, -0.2) is 0 Å². The SMILES string of the molecule is CCc1ccccc1NC(=O)CC1Sc2ccc(C(F)(F)F)cc2NC1=O. The number of anilines is 2. The average molecular weight is 394 g/mol. The van der Waals surface area contributed by atoms with Crippen molar-refractivity contribution in [3.8, 4) is 0 Å². The number of hydrogen-bond donors (Lipinski definition) is 2. The Morgan fingerprint density at radius 3 is 2.67 bits per heavy atom. The van der Waals surface area contributed by atoms with E-state index in [1.807, 2.05) is 25.1 Å². The standard InChI is InChI=1S/C19H17F3N2O2S/c1-2-11-5-3-4-6-13(11)23-17(25)10-16-18(26)24-14-9-12(19(20,21)22)7-8-15(14)27-16/h3-9,16H,2,10H2,1H3,(H,23,25)(H,24,26). The first kappa shape index (κ1) is 19.3. The van der Waals surface area contributed by atoms with Gasteiger partial charge in [-0.15, -0.1) is 11.8 Å². The highest BCUT2D eigenvalue weighted by Gasteiger charge is 2.34. The third-order valence-corrected chi connectivity index (χ3v) is 5.44. The number of para-hydroxylation sites is 1. The first-order chi connectivity index (χ1) is 12.8. The van der Waals surface area contributed by atoms with Crippen LogP contribution in [0.25, 0.3) is 0 Å². The van der Waals surface area contributed by atoms with Crippen LogP contribution in [0.3, 0.4) is 0 Å². The normalized spacial score (nSPS) is 16.4. The summed E-state index contributed by atoms with van der Waals surface area (Å²) in [5.41, 5.74) is 0.973. The van der Waals surface area contributed by atoms with Gasteiger partial charge in [0.2, 0.25) is 11.8 Å². The second kappa shape index (κ2) is 7.64. The van der Waals surface area contributed by atoms with Crippen molar-refractivity contribution in [3.63, 3.8) is 0 Å². The van der Waals surface area contributed by atoms with Crippen LogP contribution in [0.5, 0.6) is 0 Å². The van der Waals surface area contributed by atoms with Crippen molar-refractivity contribution < 1.29 is 22.8 Å². The third kappa shape index (κ3) is 4.44. The van der Waals surface area contributed by atoms with Gasteiger partial charge in [0.05, 0.1) is 16.5 Å². The van der Waals surface area contributed by atoms with Crippen molar-refractivity contribution in [2.45, 2.75) is 36.1 Å². The molecule has 1 atom stereocenters. The van der Waals surface area contributed by atoms with Crippen LogP contribution in [0.15, 0.2) is 47.4 Å². The zero-order chi connectivity index (χ0) is 19.6. The molecule has 3 rings (SSSR count). The Morgan fingerprint density at radius 2 is 1.96 bits per heavy atom. The average Bonchev–Trinajstić information content (AvgIpc) is 2.61. The molecule has 0 spiro atoms. The Bertz CT molecular complexity index is 883. The van der Waals surface area contributed by atoms with Gasteiger partial charge in [-0.1, -0.05) is 25.1 Å². The molecule has 8 heteroatoms. The third-order valence-electron chi connectivity index (χ3n) is 4.17. The predicted molar refractivity (Wildman–Crippen MR) is 98.8 cm³/mol. The van der Waals surface area contributed by atoms with E-state index in [0.29, 0.717) is 10.6 Å². The molecular weight excluding hydrogens is 377 g/mol.